The lowest BCUT2D eigenvalue weighted by atomic mass is 9.72. The quantitative estimate of drug-likeness (QED) is 0.765. The van der Waals surface area contributed by atoms with Crippen LogP contribution in [-0.4, -0.2) is 6.54 Å². The number of rotatable bonds is 3. The Morgan fingerprint density at radius 2 is 1.86 bits per heavy atom. The lowest BCUT2D eigenvalue weighted by molar-refractivity contribution is 0.180. The van der Waals surface area contributed by atoms with Gasteiger partial charge in [-0.2, -0.15) is 0 Å². The molecule has 1 aromatic rings. The van der Waals surface area contributed by atoms with Crippen LogP contribution in [-0.2, 0) is 0 Å². The standard InChI is InChI=1S/C13H17N/c1-2-4-12(5-3-1)14-10-11-8-13(9-11)6-7-13/h1-5,11,14H,6-10H2. The van der Waals surface area contributed by atoms with E-state index in [9.17, 15) is 0 Å². The molecule has 14 heavy (non-hydrogen) atoms. The molecular weight excluding hydrogens is 170 g/mol. The van der Waals surface area contributed by atoms with Crippen molar-refractivity contribution in [1.29, 1.82) is 0 Å². The zero-order valence-corrected chi connectivity index (χ0v) is 8.50. The van der Waals surface area contributed by atoms with Crippen LogP contribution in [0.1, 0.15) is 25.7 Å². The summed E-state index contributed by atoms with van der Waals surface area (Å²) in [6.45, 7) is 1.17. The van der Waals surface area contributed by atoms with Crippen molar-refractivity contribution >= 4 is 5.69 Å². The molecule has 0 aromatic heterocycles. The maximum absolute atomic E-state index is 3.51. The molecule has 1 spiro atoms. The Labute approximate surface area is 85.5 Å². The highest BCUT2D eigenvalue weighted by Crippen LogP contribution is 2.63. The van der Waals surface area contributed by atoms with Gasteiger partial charge in [0.2, 0.25) is 0 Å². The van der Waals surface area contributed by atoms with Crippen molar-refractivity contribution in [3.63, 3.8) is 0 Å². The molecule has 0 radical (unpaired) electrons. The van der Waals surface area contributed by atoms with Gasteiger partial charge in [-0.25, -0.2) is 0 Å². The second-order valence-corrected chi connectivity index (χ2v) is 5.02. The molecule has 0 unspecified atom stereocenters. The van der Waals surface area contributed by atoms with E-state index >= 15 is 0 Å². The van der Waals surface area contributed by atoms with E-state index in [1.807, 2.05) is 0 Å². The molecule has 0 amide bonds. The highest BCUT2D eigenvalue weighted by Gasteiger charge is 2.52. The summed E-state index contributed by atoms with van der Waals surface area (Å²) in [6, 6.07) is 10.5. The summed E-state index contributed by atoms with van der Waals surface area (Å²) in [5.41, 5.74) is 2.12. The van der Waals surface area contributed by atoms with Crippen molar-refractivity contribution in [1.82, 2.24) is 0 Å². The molecule has 74 valence electrons. The van der Waals surface area contributed by atoms with E-state index in [0.29, 0.717) is 0 Å². The predicted molar refractivity (Wildman–Crippen MR) is 59.3 cm³/mol. The van der Waals surface area contributed by atoms with Crippen LogP contribution in [0.3, 0.4) is 0 Å². The monoisotopic (exact) mass is 187 g/mol. The smallest absolute Gasteiger partial charge is 0.0340 e. The average molecular weight is 187 g/mol. The number of nitrogens with one attached hydrogen (secondary N) is 1. The van der Waals surface area contributed by atoms with Crippen molar-refractivity contribution in [2.24, 2.45) is 11.3 Å². The normalized spacial score (nSPS) is 23.1. The molecule has 3 rings (SSSR count). The van der Waals surface area contributed by atoms with Crippen molar-refractivity contribution in [3.05, 3.63) is 30.3 Å². The van der Waals surface area contributed by atoms with Gasteiger partial charge in [0.1, 0.15) is 0 Å². The summed E-state index contributed by atoms with van der Waals surface area (Å²) >= 11 is 0. The molecule has 1 N–H and O–H groups in total. The molecule has 2 fully saturated rings. The van der Waals surface area contributed by atoms with Gasteiger partial charge in [0, 0.05) is 12.2 Å². The zero-order valence-electron chi connectivity index (χ0n) is 8.50. The minimum Gasteiger partial charge on any atom is -0.385 e. The maximum Gasteiger partial charge on any atom is 0.0340 e. The first kappa shape index (κ1) is 8.34. The second-order valence-electron chi connectivity index (χ2n) is 5.02. The lowest BCUT2D eigenvalue weighted by Gasteiger charge is -2.36. The third kappa shape index (κ3) is 1.52. The van der Waals surface area contributed by atoms with Gasteiger partial charge in [0.25, 0.3) is 0 Å². The topological polar surface area (TPSA) is 12.0 Å². The Kier molecular flexibility index (Phi) is 1.79. The number of hydrogen-bond donors (Lipinski definition) is 1. The van der Waals surface area contributed by atoms with Gasteiger partial charge in [-0.3, -0.25) is 0 Å². The molecule has 0 aliphatic heterocycles. The fourth-order valence-electron chi connectivity index (χ4n) is 2.71. The van der Waals surface area contributed by atoms with Gasteiger partial charge >= 0.3 is 0 Å². The fourth-order valence-corrected chi connectivity index (χ4v) is 2.71. The molecule has 0 atom stereocenters. The Bertz CT molecular complexity index is 305. The third-order valence-electron chi connectivity index (χ3n) is 3.77. The molecule has 0 bridgehead atoms. The minimum atomic E-state index is 0.850. The number of anilines is 1. The van der Waals surface area contributed by atoms with Gasteiger partial charge in [-0.15, -0.1) is 0 Å². The van der Waals surface area contributed by atoms with Gasteiger partial charge in [0.15, 0.2) is 0 Å². The second kappa shape index (κ2) is 3.01. The van der Waals surface area contributed by atoms with Crippen molar-refractivity contribution in [2.75, 3.05) is 11.9 Å². The van der Waals surface area contributed by atoms with Gasteiger partial charge in [0.05, 0.1) is 0 Å². The molecule has 1 heteroatoms. The summed E-state index contributed by atoms with van der Waals surface area (Å²) in [6.07, 6.45) is 5.98. The lowest BCUT2D eigenvalue weighted by Crippen LogP contribution is -2.30. The summed E-state index contributed by atoms with van der Waals surface area (Å²) in [5.74, 6) is 0.942. The summed E-state index contributed by atoms with van der Waals surface area (Å²) in [7, 11) is 0. The Morgan fingerprint density at radius 3 is 2.50 bits per heavy atom. The molecule has 2 aliphatic carbocycles. The van der Waals surface area contributed by atoms with E-state index in [1.54, 1.807) is 0 Å². The van der Waals surface area contributed by atoms with E-state index < -0.39 is 0 Å². The van der Waals surface area contributed by atoms with Crippen LogP contribution in [0.15, 0.2) is 30.3 Å². The Hall–Kier alpha value is -0.980. The molecular formula is C13H17N. The molecule has 2 saturated carbocycles. The predicted octanol–water partition coefficient (Wildman–Crippen LogP) is 3.29. The van der Waals surface area contributed by atoms with E-state index in [4.69, 9.17) is 0 Å². The summed E-state index contributed by atoms with van der Waals surface area (Å²) < 4.78 is 0. The number of hydrogen-bond acceptors (Lipinski definition) is 1. The van der Waals surface area contributed by atoms with Crippen molar-refractivity contribution in [3.8, 4) is 0 Å². The fraction of sp³-hybridized carbons (Fsp3) is 0.538. The van der Waals surface area contributed by atoms with Crippen LogP contribution in [0.25, 0.3) is 0 Å². The first-order valence-corrected chi connectivity index (χ1v) is 5.65. The van der Waals surface area contributed by atoms with Gasteiger partial charge in [-0.05, 0) is 49.1 Å². The van der Waals surface area contributed by atoms with E-state index in [0.717, 1.165) is 11.3 Å². The molecule has 0 saturated heterocycles. The van der Waals surface area contributed by atoms with Crippen LogP contribution in [0.4, 0.5) is 5.69 Å². The highest BCUT2D eigenvalue weighted by atomic mass is 14.9. The van der Waals surface area contributed by atoms with Crippen LogP contribution in [0.5, 0.6) is 0 Å². The Balaban J connectivity index is 1.47. The highest BCUT2D eigenvalue weighted by molar-refractivity contribution is 5.42. The van der Waals surface area contributed by atoms with Crippen LogP contribution < -0.4 is 5.32 Å². The van der Waals surface area contributed by atoms with Crippen molar-refractivity contribution < 1.29 is 0 Å². The van der Waals surface area contributed by atoms with E-state index in [2.05, 4.69) is 35.6 Å². The first-order valence-electron chi connectivity index (χ1n) is 5.65. The molecule has 2 aliphatic rings. The van der Waals surface area contributed by atoms with Gasteiger partial charge in [-0.1, -0.05) is 18.2 Å². The molecule has 1 aromatic carbocycles. The van der Waals surface area contributed by atoms with Crippen LogP contribution in [0.2, 0.25) is 0 Å². The van der Waals surface area contributed by atoms with Crippen LogP contribution >= 0.6 is 0 Å². The SMILES string of the molecule is c1ccc(NCC2CC3(CC3)C2)cc1. The maximum atomic E-state index is 3.51. The average Bonchev–Trinajstić information content (AvgIpc) is 2.94. The number of benzene rings is 1. The minimum absolute atomic E-state index is 0.850. The van der Waals surface area contributed by atoms with Crippen LogP contribution in [0, 0.1) is 11.3 Å². The molecule has 1 nitrogen and oxygen atoms in total. The number of para-hydroxylation sites is 1. The Morgan fingerprint density at radius 1 is 1.14 bits per heavy atom. The molecule has 0 heterocycles. The first-order chi connectivity index (χ1) is 6.86. The largest absolute Gasteiger partial charge is 0.385 e. The summed E-state index contributed by atoms with van der Waals surface area (Å²) in [5, 5.41) is 3.51. The third-order valence-corrected chi connectivity index (χ3v) is 3.77. The summed E-state index contributed by atoms with van der Waals surface area (Å²) in [4.78, 5) is 0. The van der Waals surface area contributed by atoms with E-state index in [1.165, 1.54) is 37.9 Å². The van der Waals surface area contributed by atoms with E-state index in [-0.39, 0.29) is 0 Å². The zero-order chi connectivity index (χ0) is 9.43. The van der Waals surface area contributed by atoms with Gasteiger partial charge < -0.3 is 5.32 Å². The van der Waals surface area contributed by atoms with Crippen molar-refractivity contribution in [2.45, 2.75) is 25.7 Å².